The first-order valence-corrected chi connectivity index (χ1v) is 7.30. The molecule has 0 bridgehead atoms. The summed E-state index contributed by atoms with van der Waals surface area (Å²) in [4.78, 5) is 12.5. The number of amides is 1. The smallest absolute Gasteiger partial charge is 0.254 e. The van der Waals surface area contributed by atoms with Crippen molar-refractivity contribution in [1.82, 2.24) is 5.32 Å². The molecule has 4 nitrogen and oxygen atoms in total. The molecular formula is C18H21NO3. The van der Waals surface area contributed by atoms with Gasteiger partial charge in [-0.3, -0.25) is 4.79 Å². The van der Waals surface area contributed by atoms with E-state index < -0.39 is 6.10 Å². The highest BCUT2D eigenvalue weighted by Gasteiger charge is 2.23. The SMILES string of the molecule is COC(C(=O)NC(CCO)c1ccccc1)c1ccccc1. The molecule has 22 heavy (non-hydrogen) atoms. The number of aliphatic hydroxyl groups excluding tert-OH is 1. The van der Waals surface area contributed by atoms with Gasteiger partial charge in [-0.1, -0.05) is 60.7 Å². The molecule has 0 aliphatic heterocycles. The fourth-order valence-corrected chi connectivity index (χ4v) is 2.41. The van der Waals surface area contributed by atoms with E-state index >= 15 is 0 Å². The van der Waals surface area contributed by atoms with Gasteiger partial charge in [0.25, 0.3) is 5.91 Å². The molecule has 0 fully saturated rings. The van der Waals surface area contributed by atoms with Crippen LogP contribution in [-0.2, 0) is 9.53 Å². The van der Waals surface area contributed by atoms with E-state index in [1.807, 2.05) is 60.7 Å². The first-order chi connectivity index (χ1) is 10.8. The fraction of sp³-hybridized carbons (Fsp3) is 0.278. The predicted octanol–water partition coefficient (Wildman–Crippen LogP) is 2.61. The summed E-state index contributed by atoms with van der Waals surface area (Å²) in [5.74, 6) is -0.212. The minimum absolute atomic E-state index is 0.00280. The highest BCUT2D eigenvalue weighted by Crippen LogP contribution is 2.21. The third-order valence-corrected chi connectivity index (χ3v) is 3.51. The summed E-state index contributed by atoms with van der Waals surface area (Å²) in [5.41, 5.74) is 1.77. The van der Waals surface area contributed by atoms with Crippen LogP contribution in [0.1, 0.15) is 29.7 Å². The zero-order valence-corrected chi connectivity index (χ0v) is 12.6. The molecule has 2 unspecified atom stereocenters. The fourth-order valence-electron chi connectivity index (χ4n) is 2.41. The Kier molecular flexibility index (Phi) is 6.13. The summed E-state index contributed by atoms with van der Waals surface area (Å²) in [5, 5.41) is 12.2. The molecule has 116 valence electrons. The lowest BCUT2D eigenvalue weighted by Crippen LogP contribution is -2.34. The molecule has 0 aliphatic carbocycles. The Morgan fingerprint density at radius 1 is 1.05 bits per heavy atom. The van der Waals surface area contributed by atoms with E-state index in [4.69, 9.17) is 4.74 Å². The molecule has 0 aliphatic rings. The lowest BCUT2D eigenvalue weighted by atomic mass is 10.0. The molecular weight excluding hydrogens is 278 g/mol. The number of hydrogen-bond acceptors (Lipinski definition) is 3. The Bertz CT molecular complexity index is 571. The number of ether oxygens (including phenoxy) is 1. The number of benzene rings is 2. The lowest BCUT2D eigenvalue weighted by Gasteiger charge is -2.22. The number of carbonyl (C=O) groups excluding carboxylic acids is 1. The maximum atomic E-state index is 12.5. The molecule has 1 amide bonds. The van der Waals surface area contributed by atoms with Crippen LogP contribution in [0.25, 0.3) is 0 Å². The van der Waals surface area contributed by atoms with Crippen LogP contribution in [0.2, 0.25) is 0 Å². The molecule has 0 heterocycles. The predicted molar refractivity (Wildman–Crippen MR) is 85.2 cm³/mol. The van der Waals surface area contributed by atoms with Crippen LogP contribution in [0.15, 0.2) is 60.7 Å². The molecule has 2 aromatic rings. The van der Waals surface area contributed by atoms with Gasteiger partial charge >= 0.3 is 0 Å². The van der Waals surface area contributed by atoms with Crippen molar-refractivity contribution in [2.75, 3.05) is 13.7 Å². The zero-order valence-electron chi connectivity index (χ0n) is 12.6. The summed E-state index contributed by atoms with van der Waals surface area (Å²) < 4.78 is 5.34. The van der Waals surface area contributed by atoms with E-state index in [1.165, 1.54) is 7.11 Å². The van der Waals surface area contributed by atoms with Crippen LogP contribution in [-0.4, -0.2) is 24.7 Å². The molecule has 0 radical (unpaired) electrons. The largest absolute Gasteiger partial charge is 0.396 e. The van der Waals surface area contributed by atoms with Gasteiger partial charge in [-0.2, -0.15) is 0 Å². The molecule has 2 aromatic carbocycles. The average Bonchev–Trinajstić information content (AvgIpc) is 2.57. The maximum absolute atomic E-state index is 12.5. The van der Waals surface area contributed by atoms with Crippen molar-refractivity contribution in [3.05, 3.63) is 71.8 Å². The van der Waals surface area contributed by atoms with Crippen molar-refractivity contribution in [3.63, 3.8) is 0 Å². The Morgan fingerprint density at radius 3 is 2.09 bits per heavy atom. The molecule has 0 spiro atoms. The van der Waals surface area contributed by atoms with Gasteiger partial charge in [0.15, 0.2) is 6.10 Å². The first kappa shape index (κ1) is 16.2. The molecule has 2 N–H and O–H groups in total. The van der Waals surface area contributed by atoms with Crippen molar-refractivity contribution in [1.29, 1.82) is 0 Å². The van der Waals surface area contributed by atoms with Gasteiger partial charge in [-0.05, 0) is 17.5 Å². The zero-order chi connectivity index (χ0) is 15.8. The van der Waals surface area contributed by atoms with Gasteiger partial charge in [0, 0.05) is 13.7 Å². The van der Waals surface area contributed by atoms with Crippen LogP contribution >= 0.6 is 0 Å². The monoisotopic (exact) mass is 299 g/mol. The highest BCUT2D eigenvalue weighted by molar-refractivity contribution is 5.82. The van der Waals surface area contributed by atoms with Crippen molar-refractivity contribution in [2.45, 2.75) is 18.6 Å². The van der Waals surface area contributed by atoms with E-state index in [0.717, 1.165) is 11.1 Å². The molecule has 2 atom stereocenters. The minimum Gasteiger partial charge on any atom is -0.396 e. The number of hydrogen-bond donors (Lipinski definition) is 2. The Labute approximate surface area is 130 Å². The molecule has 0 aromatic heterocycles. The van der Waals surface area contributed by atoms with Gasteiger partial charge < -0.3 is 15.2 Å². The highest BCUT2D eigenvalue weighted by atomic mass is 16.5. The van der Waals surface area contributed by atoms with Gasteiger partial charge in [0.05, 0.1) is 6.04 Å². The van der Waals surface area contributed by atoms with Crippen molar-refractivity contribution < 1.29 is 14.6 Å². The summed E-state index contributed by atoms with van der Waals surface area (Å²) in [6.07, 6.45) is -0.202. The van der Waals surface area contributed by atoms with Crippen LogP contribution < -0.4 is 5.32 Å². The summed E-state index contributed by atoms with van der Waals surface area (Å²) in [6, 6.07) is 18.7. The summed E-state index contributed by atoms with van der Waals surface area (Å²) >= 11 is 0. The Hall–Kier alpha value is -2.17. The standard InChI is InChI=1S/C18H21NO3/c1-22-17(15-10-6-3-7-11-15)18(21)19-16(12-13-20)14-8-4-2-5-9-14/h2-11,16-17,20H,12-13H2,1H3,(H,19,21). The summed E-state index contributed by atoms with van der Waals surface area (Å²) in [6.45, 7) is 0.00280. The average molecular weight is 299 g/mol. The normalized spacial score (nSPS) is 13.4. The first-order valence-electron chi connectivity index (χ1n) is 7.30. The van der Waals surface area contributed by atoms with E-state index in [-0.39, 0.29) is 18.6 Å². The van der Waals surface area contributed by atoms with E-state index in [2.05, 4.69) is 5.32 Å². The van der Waals surface area contributed by atoms with E-state index in [0.29, 0.717) is 6.42 Å². The Balaban J connectivity index is 2.13. The lowest BCUT2D eigenvalue weighted by molar-refractivity contribution is -0.132. The van der Waals surface area contributed by atoms with E-state index in [9.17, 15) is 9.90 Å². The number of rotatable bonds is 7. The minimum atomic E-state index is -0.661. The van der Waals surface area contributed by atoms with Crippen LogP contribution in [0.3, 0.4) is 0 Å². The third kappa shape index (κ3) is 4.16. The van der Waals surface area contributed by atoms with Crippen molar-refractivity contribution >= 4 is 5.91 Å². The Morgan fingerprint density at radius 2 is 1.59 bits per heavy atom. The van der Waals surface area contributed by atoms with Gasteiger partial charge in [-0.25, -0.2) is 0 Å². The van der Waals surface area contributed by atoms with E-state index in [1.54, 1.807) is 0 Å². The molecule has 0 saturated heterocycles. The number of aliphatic hydroxyl groups is 1. The third-order valence-electron chi connectivity index (χ3n) is 3.51. The van der Waals surface area contributed by atoms with Crippen molar-refractivity contribution in [2.24, 2.45) is 0 Å². The molecule has 2 rings (SSSR count). The summed E-state index contributed by atoms with van der Waals surface area (Å²) in [7, 11) is 1.51. The van der Waals surface area contributed by atoms with Gasteiger partial charge in [0.1, 0.15) is 0 Å². The molecule has 0 saturated carbocycles. The van der Waals surface area contributed by atoms with Crippen molar-refractivity contribution in [3.8, 4) is 0 Å². The molecule has 4 heteroatoms. The van der Waals surface area contributed by atoms with Crippen LogP contribution in [0, 0.1) is 0 Å². The quantitative estimate of drug-likeness (QED) is 0.826. The van der Waals surface area contributed by atoms with Gasteiger partial charge in [0.2, 0.25) is 0 Å². The number of nitrogens with one attached hydrogen (secondary N) is 1. The number of carbonyl (C=O) groups is 1. The number of methoxy groups -OCH3 is 1. The maximum Gasteiger partial charge on any atom is 0.254 e. The topological polar surface area (TPSA) is 58.6 Å². The second-order valence-electron chi connectivity index (χ2n) is 5.01. The van der Waals surface area contributed by atoms with Gasteiger partial charge in [-0.15, -0.1) is 0 Å². The second-order valence-corrected chi connectivity index (χ2v) is 5.01. The second kappa shape index (κ2) is 8.32. The van der Waals surface area contributed by atoms with Crippen LogP contribution in [0.5, 0.6) is 0 Å². The van der Waals surface area contributed by atoms with Crippen LogP contribution in [0.4, 0.5) is 0 Å².